The monoisotopic (exact) mass is 798 g/mol. The van der Waals surface area contributed by atoms with Gasteiger partial charge in [0, 0.05) is 65.0 Å². The lowest BCUT2D eigenvalue weighted by molar-refractivity contribution is 0.122. The summed E-state index contributed by atoms with van der Waals surface area (Å²) in [6.07, 6.45) is 8.80. The average molecular weight is 799 g/mol. The second-order valence-electron chi connectivity index (χ2n) is 16.5. The highest BCUT2D eigenvalue weighted by atomic mass is 16.5. The first-order valence-corrected chi connectivity index (χ1v) is 22.1. The minimum absolute atomic E-state index is 0.238. The molecule has 0 saturated carbocycles. The number of morpholine rings is 1. The van der Waals surface area contributed by atoms with Gasteiger partial charge in [0.05, 0.1) is 27.4 Å². The van der Waals surface area contributed by atoms with Gasteiger partial charge in [-0.3, -0.25) is 0 Å². The Labute approximate surface area is 356 Å². The van der Waals surface area contributed by atoms with Gasteiger partial charge in [0.15, 0.2) is 17.1 Å². The lowest BCUT2D eigenvalue weighted by Crippen LogP contribution is -2.37. The number of hydrogen-bond donors (Lipinski definition) is 0. The quantitative estimate of drug-likeness (QED) is 0.116. The van der Waals surface area contributed by atoms with Gasteiger partial charge < -0.3 is 28.7 Å². The number of anilines is 2. The van der Waals surface area contributed by atoms with Crippen molar-refractivity contribution in [2.75, 3.05) is 63.4 Å². The Hall–Kier alpha value is -5.72. The standard InChI is InChI=1S/C54H58N2O4/c1-7-28-55(29-8-2)41-21-17-39(18-22-41)54(40-19-23-42(24-20-40)56-30-32-59-33-31-56)27-26-44-51-50(45-35-48(57-5)49(58-6)36-46(45)52(44)60-54)43-25-16-38(37-14-12-11-13-15-37)34-47(43)53(51,9-3)10-4/h11-27,34-36H,7-10,28-33H2,1-6H3. The van der Waals surface area contributed by atoms with Gasteiger partial charge in [-0.2, -0.15) is 0 Å². The average Bonchev–Trinajstić information content (AvgIpc) is 3.61. The predicted molar refractivity (Wildman–Crippen MR) is 248 cm³/mol. The fourth-order valence-corrected chi connectivity index (χ4v) is 10.4. The number of methoxy groups -OCH3 is 2. The molecular weight excluding hydrogens is 741 g/mol. The van der Waals surface area contributed by atoms with Crippen LogP contribution in [0.2, 0.25) is 0 Å². The number of nitrogens with zero attached hydrogens (tertiary/aromatic N) is 2. The molecule has 6 heteroatoms. The van der Waals surface area contributed by atoms with Crippen LogP contribution in [0.1, 0.15) is 81.2 Å². The molecule has 0 bridgehead atoms. The summed E-state index contributed by atoms with van der Waals surface area (Å²) in [5.41, 5.74) is 12.3. The number of fused-ring (bicyclic) bond motifs is 8. The minimum atomic E-state index is -0.906. The molecule has 0 spiro atoms. The molecule has 1 atom stereocenters. The van der Waals surface area contributed by atoms with Crippen molar-refractivity contribution in [3.8, 4) is 39.5 Å². The predicted octanol–water partition coefficient (Wildman–Crippen LogP) is 12.4. The first-order chi connectivity index (χ1) is 29.4. The largest absolute Gasteiger partial charge is 0.493 e. The third kappa shape index (κ3) is 6.42. The highest BCUT2D eigenvalue weighted by molar-refractivity contribution is 6.10. The Balaban J connectivity index is 1.29. The Morgan fingerprint density at radius 3 is 1.93 bits per heavy atom. The van der Waals surface area contributed by atoms with Crippen molar-refractivity contribution >= 4 is 28.2 Å². The van der Waals surface area contributed by atoms with E-state index in [0.717, 1.165) is 98.3 Å². The van der Waals surface area contributed by atoms with E-state index in [9.17, 15) is 0 Å². The van der Waals surface area contributed by atoms with E-state index in [-0.39, 0.29) is 5.41 Å². The molecule has 6 nitrogen and oxygen atoms in total. The Morgan fingerprint density at radius 2 is 1.32 bits per heavy atom. The van der Waals surface area contributed by atoms with Crippen LogP contribution in [0, 0.1) is 0 Å². The van der Waals surface area contributed by atoms with Crippen LogP contribution in [0.5, 0.6) is 17.2 Å². The van der Waals surface area contributed by atoms with E-state index in [0.29, 0.717) is 11.5 Å². The van der Waals surface area contributed by atoms with Gasteiger partial charge in [-0.1, -0.05) is 101 Å². The number of rotatable bonds is 13. The first-order valence-electron chi connectivity index (χ1n) is 22.1. The van der Waals surface area contributed by atoms with Gasteiger partial charge in [-0.15, -0.1) is 0 Å². The Morgan fingerprint density at radius 1 is 0.683 bits per heavy atom. The molecule has 2 aliphatic heterocycles. The van der Waals surface area contributed by atoms with Crippen LogP contribution in [0.4, 0.5) is 11.4 Å². The van der Waals surface area contributed by atoms with Crippen molar-refractivity contribution in [1.82, 2.24) is 0 Å². The van der Waals surface area contributed by atoms with E-state index in [1.54, 1.807) is 14.2 Å². The number of benzene rings is 6. The Kier molecular flexibility index (Phi) is 10.8. The van der Waals surface area contributed by atoms with Crippen LogP contribution >= 0.6 is 0 Å². The maximum atomic E-state index is 7.83. The van der Waals surface area contributed by atoms with Crippen LogP contribution in [0.25, 0.3) is 39.1 Å². The second kappa shape index (κ2) is 16.4. The van der Waals surface area contributed by atoms with Crippen molar-refractivity contribution in [2.24, 2.45) is 0 Å². The third-order valence-corrected chi connectivity index (χ3v) is 13.5. The summed E-state index contributed by atoms with van der Waals surface area (Å²) in [5.74, 6) is 2.25. The lowest BCUT2D eigenvalue weighted by atomic mass is 9.70. The fraction of sp³-hybridized carbons (Fsp3) is 0.333. The van der Waals surface area contributed by atoms with Crippen molar-refractivity contribution in [3.05, 3.63) is 143 Å². The molecule has 308 valence electrons. The van der Waals surface area contributed by atoms with E-state index in [1.807, 2.05) is 0 Å². The fourth-order valence-electron chi connectivity index (χ4n) is 10.4. The van der Waals surface area contributed by atoms with E-state index in [4.69, 9.17) is 18.9 Å². The summed E-state index contributed by atoms with van der Waals surface area (Å²) in [6, 6.07) is 40.3. The topological polar surface area (TPSA) is 43.4 Å². The molecule has 3 aliphatic rings. The minimum Gasteiger partial charge on any atom is -0.493 e. The number of ether oxygens (including phenoxy) is 4. The second-order valence-corrected chi connectivity index (χ2v) is 16.5. The molecule has 1 fully saturated rings. The maximum absolute atomic E-state index is 7.83. The van der Waals surface area contributed by atoms with Gasteiger partial charge in [0.25, 0.3) is 0 Å². The van der Waals surface area contributed by atoms with Crippen molar-refractivity contribution in [3.63, 3.8) is 0 Å². The summed E-state index contributed by atoms with van der Waals surface area (Å²) in [7, 11) is 3.44. The van der Waals surface area contributed by atoms with Crippen LogP contribution in [0.15, 0.2) is 115 Å². The smallest absolute Gasteiger partial charge is 0.178 e. The van der Waals surface area contributed by atoms with E-state index >= 15 is 0 Å². The van der Waals surface area contributed by atoms with Crippen LogP contribution in [-0.2, 0) is 15.8 Å². The molecule has 6 aromatic carbocycles. The maximum Gasteiger partial charge on any atom is 0.178 e. The van der Waals surface area contributed by atoms with Crippen LogP contribution < -0.4 is 24.0 Å². The zero-order valence-electron chi connectivity index (χ0n) is 36.1. The molecule has 6 aromatic rings. The van der Waals surface area contributed by atoms with E-state index in [1.165, 1.54) is 44.8 Å². The molecule has 0 amide bonds. The lowest BCUT2D eigenvalue weighted by Gasteiger charge is -2.40. The van der Waals surface area contributed by atoms with E-state index < -0.39 is 5.60 Å². The van der Waals surface area contributed by atoms with Gasteiger partial charge >= 0.3 is 0 Å². The van der Waals surface area contributed by atoms with E-state index in [2.05, 4.69) is 159 Å². The molecule has 60 heavy (non-hydrogen) atoms. The van der Waals surface area contributed by atoms with Crippen molar-refractivity contribution in [2.45, 2.75) is 64.4 Å². The normalized spacial score (nSPS) is 17.5. The summed E-state index contributed by atoms with van der Waals surface area (Å²) in [5, 5.41) is 2.12. The molecule has 1 unspecified atom stereocenters. The summed E-state index contributed by atoms with van der Waals surface area (Å²) < 4.78 is 25.6. The van der Waals surface area contributed by atoms with Gasteiger partial charge in [0.1, 0.15) is 5.75 Å². The summed E-state index contributed by atoms with van der Waals surface area (Å²) >= 11 is 0. The molecule has 2 heterocycles. The van der Waals surface area contributed by atoms with Crippen LogP contribution in [0.3, 0.4) is 0 Å². The zero-order valence-corrected chi connectivity index (χ0v) is 36.1. The highest BCUT2D eigenvalue weighted by Gasteiger charge is 2.47. The van der Waals surface area contributed by atoms with Gasteiger partial charge in [-0.25, -0.2) is 0 Å². The Bertz CT molecular complexity index is 2510. The highest BCUT2D eigenvalue weighted by Crippen LogP contribution is 2.61. The van der Waals surface area contributed by atoms with Crippen molar-refractivity contribution < 1.29 is 18.9 Å². The van der Waals surface area contributed by atoms with Gasteiger partial charge in [-0.05, 0) is 113 Å². The first kappa shape index (κ1) is 39.7. The number of hydrogen-bond acceptors (Lipinski definition) is 6. The zero-order chi connectivity index (χ0) is 41.4. The molecule has 1 saturated heterocycles. The molecule has 0 aromatic heterocycles. The SMILES string of the molecule is CCCN(CCC)c1ccc(C2(c3ccc(N4CCOCC4)cc3)C=Cc3c4c(c5cc(OC)c(OC)cc5c3O2)-c2ccc(-c3ccccc3)cc2C4(CC)CC)cc1. The molecule has 0 N–H and O–H groups in total. The molecule has 0 radical (unpaired) electrons. The molecule has 9 rings (SSSR count). The molecular formula is C54H58N2O4. The van der Waals surface area contributed by atoms with Crippen molar-refractivity contribution in [1.29, 1.82) is 0 Å². The third-order valence-electron chi connectivity index (χ3n) is 13.5. The van der Waals surface area contributed by atoms with Gasteiger partial charge in [0.2, 0.25) is 0 Å². The summed E-state index contributed by atoms with van der Waals surface area (Å²) in [6.45, 7) is 14.5. The molecule has 1 aliphatic carbocycles. The van der Waals surface area contributed by atoms with Crippen LogP contribution in [-0.4, -0.2) is 53.6 Å². The summed E-state index contributed by atoms with van der Waals surface area (Å²) in [4.78, 5) is 4.90.